The number of hydrogen-bond donors (Lipinski definition) is 1. The van der Waals surface area contributed by atoms with Crippen molar-refractivity contribution in [2.24, 2.45) is 0 Å². The van der Waals surface area contributed by atoms with Gasteiger partial charge in [0.2, 0.25) is 15.9 Å². The molecule has 0 aliphatic carbocycles. The second-order valence-electron chi connectivity index (χ2n) is 6.96. The Morgan fingerprint density at radius 3 is 2.29 bits per heavy atom. The molecule has 1 amide bonds. The number of sulfonamides is 1. The van der Waals surface area contributed by atoms with E-state index in [-0.39, 0.29) is 13.2 Å². The quantitative estimate of drug-likeness (QED) is 0.507. The molecule has 2 aromatic carbocycles. The highest BCUT2D eigenvalue weighted by Crippen LogP contribution is 2.25. The molecule has 1 atom stereocenters. The molecule has 170 valence electrons. The van der Waals surface area contributed by atoms with Gasteiger partial charge in [0.1, 0.15) is 24.1 Å². The first-order valence-corrected chi connectivity index (χ1v) is 12.3. The number of rotatable bonds is 11. The second kappa shape index (κ2) is 11.2. The Balaban J connectivity index is 2.05. The van der Waals surface area contributed by atoms with E-state index in [9.17, 15) is 13.2 Å². The van der Waals surface area contributed by atoms with Crippen LogP contribution in [0.2, 0.25) is 5.02 Å². The maximum Gasteiger partial charge on any atom is 0.244 e. The van der Waals surface area contributed by atoms with Gasteiger partial charge >= 0.3 is 0 Å². The lowest BCUT2D eigenvalue weighted by Gasteiger charge is -2.30. The Kier molecular flexibility index (Phi) is 9.00. The fourth-order valence-corrected chi connectivity index (χ4v) is 4.42. The number of hydrogen-bond acceptors (Lipinski definition) is 5. The highest BCUT2D eigenvalue weighted by molar-refractivity contribution is 7.92. The van der Waals surface area contributed by atoms with Crippen molar-refractivity contribution in [3.05, 3.63) is 53.1 Å². The van der Waals surface area contributed by atoms with Crippen LogP contribution in [0, 0.1) is 6.92 Å². The van der Waals surface area contributed by atoms with E-state index in [2.05, 4.69) is 5.32 Å². The van der Waals surface area contributed by atoms with Crippen LogP contribution in [0.25, 0.3) is 0 Å². The van der Waals surface area contributed by atoms with Crippen LogP contribution in [-0.4, -0.2) is 46.4 Å². The fourth-order valence-electron chi connectivity index (χ4n) is 3.04. The molecule has 9 heteroatoms. The summed E-state index contributed by atoms with van der Waals surface area (Å²) < 4.78 is 37.2. The van der Waals surface area contributed by atoms with Crippen LogP contribution in [0.15, 0.2) is 42.5 Å². The van der Waals surface area contributed by atoms with Crippen molar-refractivity contribution in [3.63, 3.8) is 0 Å². The molecule has 0 heterocycles. The van der Waals surface area contributed by atoms with Crippen LogP contribution >= 0.6 is 11.6 Å². The third-order valence-electron chi connectivity index (χ3n) is 4.55. The van der Waals surface area contributed by atoms with Crippen molar-refractivity contribution in [2.75, 3.05) is 30.3 Å². The summed E-state index contributed by atoms with van der Waals surface area (Å²) in [5, 5.41) is 3.36. The number of aryl methyl sites for hydroxylation is 1. The molecular weight excluding hydrogens is 440 g/mol. The van der Waals surface area contributed by atoms with Crippen LogP contribution in [0.5, 0.6) is 11.5 Å². The number of amides is 1. The van der Waals surface area contributed by atoms with Gasteiger partial charge in [-0.1, -0.05) is 24.6 Å². The predicted octanol–water partition coefficient (Wildman–Crippen LogP) is 3.79. The third-order valence-corrected chi connectivity index (χ3v) is 6.13. The molecule has 0 saturated heterocycles. The zero-order valence-electron chi connectivity index (χ0n) is 18.2. The molecule has 0 aromatic heterocycles. The molecule has 31 heavy (non-hydrogen) atoms. The SMILES string of the molecule is CCOc1ccc(N([C@H](CC)C(=O)NCCOc2ccc(C)c(Cl)c2)S(C)(=O)=O)cc1. The smallest absolute Gasteiger partial charge is 0.244 e. The first-order chi connectivity index (χ1) is 14.7. The van der Waals surface area contributed by atoms with E-state index >= 15 is 0 Å². The minimum absolute atomic E-state index is 0.224. The fraction of sp³-hybridized carbons (Fsp3) is 0.409. The summed E-state index contributed by atoms with van der Waals surface area (Å²) in [6.07, 6.45) is 1.39. The molecule has 0 unspecified atom stereocenters. The first kappa shape index (κ1) is 24.8. The average molecular weight is 469 g/mol. The van der Waals surface area contributed by atoms with E-state index in [0.717, 1.165) is 16.1 Å². The van der Waals surface area contributed by atoms with Crippen molar-refractivity contribution >= 4 is 33.2 Å². The molecule has 0 spiro atoms. The summed E-state index contributed by atoms with van der Waals surface area (Å²) in [5.41, 5.74) is 1.35. The van der Waals surface area contributed by atoms with Gasteiger partial charge in [-0.25, -0.2) is 8.42 Å². The van der Waals surface area contributed by atoms with Crippen molar-refractivity contribution in [1.29, 1.82) is 0 Å². The normalized spacial score (nSPS) is 12.2. The number of nitrogens with zero attached hydrogens (tertiary/aromatic N) is 1. The van der Waals surface area contributed by atoms with E-state index in [1.807, 2.05) is 19.9 Å². The third kappa shape index (κ3) is 7.04. The number of carbonyl (C=O) groups excluding carboxylic acids is 1. The van der Waals surface area contributed by atoms with Gasteiger partial charge in [0.15, 0.2) is 0 Å². The number of carbonyl (C=O) groups is 1. The lowest BCUT2D eigenvalue weighted by Crippen LogP contribution is -2.50. The lowest BCUT2D eigenvalue weighted by molar-refractivity contribution is -0.122. The van der Waals surface area contributed by atoms with Gasteiger partial charge < -0.3 is 14.8 Å². The number of ether oxygens (including phenoxy) is 2. The van der Waals surface area contributed by atoms with Crippen molar-refractivity contribution in [2.45, 2.75) is 33.2 Å². The van der Waals surface area contributed by atoms with Crippen LogP contribution in [-0.2, 0) is 14.8 Å². The van der Waals surface area contributed by atoms with Crippen molar-refractivity contribution in [1.82, 2.24) is 5.32 Å². The largest absolute Gasteiger partial charge is 0.494 e. The zero-order chi connectivity index (χ0) is 23.0. The topological polar surface area (TPSA) is 84.9 Å². The van der Waals surface area contributed by atoms with Crippen LogP contribution in [0.1, 0.15) is 25.8 Å². The van der Waals surface area contributed by atoms with Gasteiger partial charge in [-0.15, -0.1) is 0 Å². The Bertz CT molecular complexity index is 980. The monoisotopic (exact) mass is 468 g/mol. The summed E-state index contributed by atoms with van der Waals surface area (Å²) >= 11 is 6.08. The predicted molar refractivity (Wildman–Crippen MR) is 124 cm³/mol. The molecule has 1 N–H and O–H groups in total. The summed E-state index contributed by atoms with van der Waals surface area (Å²) in [6.45, 7) is 6.49. The molecule has 0 aliphatic heterocycles. The molecule has 2 rings (SSSR count). The molecule has 0 radical (unpaired) electrons. The van der Waals surface area contributed by atoms with Crippen LogP contribution < -0.4 is 19.1 Å². The number of benzene rings is 2. The van der Waals surface area contributed by atoms with Crippen molar-refractivity contribution in [3.8, 4) is 11.5 Å². The summed E-state index contributed by atoms with van der Waals surface area (Å²) in [4.78, 5) is 12.8. The van der Waals surface area contributed by atoms with Gasteiger partial charge in [0.25, 0.3) is 0 Å². The minimum Gasteiger partial charge on any atom is -0.494 e. The van der Waals surface area contributed by atoms with E-state index < -0.39 is 22.0 Å². The Hall–Kier alpha value is -2.45. The maximum atomic E-state index is 12.8. The summed E-state index contributed by atoms with van der Waals surface area (Å²) in [5.74, 6) is 0.835. The molecule has 0 fully saturated rings. The van der Waals surface area contributed by atoms with Gasteiger partial charge in [-0.2, -0.15) is 0 Å². The number of anilines is 1. The number of halogens is 1. The standard InChI is InChI=1S/C22H29ClN2O5S/c1-5-21(22(26)24-13-14-30-19-10-7-16(3)20(23)15-19)25(31(4,27)28)17-8-11-18(12-9-17)29-6-2/h7-12,15,21H,5-6,13-14H2,1-4H3,(H,24,26)/t21-/m1/s1. The van der Waals surface area contributed by atoms with Crippen LogP contribution in [0.3, 0.4) is 0 Å². The van der Waals surface area contributed by atoms with E-state index in [0.29, 0.717) is 35.2 Å². The number of nitrogens with one attached hydrogen (secondary N) is 1. The van der Waals surface area contributed by atoms with Gasteiger partial charge in [0, 0.05) is 5.02 Å². The second-order valence-corrected chi connectivity index (χ2v) is 9.23. The van der Waals surface area contributed by atoms with Gasteiger partial charge in [-0.3, -0.25) is 9.10 Å². The molecule has 7 nitrogen and oxygen atoms in total. The van der Waals surface area contributed by atoms with E-state index in [1.54, 1.807) is 43.3 Å². The molecule has 0 bridgehead atoms. The van der Waals surface area contributed by atoms with Crippen LogP contribution in [0.4, 0.5) is 5.69 Å². The van der Waals surface area contributed by atoms with Crippen molar-refractivity contribution < 1.29 is 22.7 Å². The molecule has 2 aromatic rings. The Morgan fingerprint density at radius 2 is 1.74 bits per heavy atom. The highest BCUT2D eigenvalue weighted by Gasteiger charge is 2.31. The Morgan fingerprint density at radius 1 is 1.10 bits per heavy atom. The Labute approximate surface area is 189 Å². The average Bonchev–Trinajstić information content (AvgIpc) is 2.72. The van der Waals surface area contributed by atoms with Gasteiger partial charge in [0.05, 0.1) is 25.1 Å². The summed E-state index contributed by atoms with van der Waals surface area (Å²) in [6, 6.07) is 11.1. The molecule has 0 saturated carbocycles. The molecule has 0 aliphatic rings. The minimum atomic E-state index is -3.70. The van der Waals surface area contributed by atoms with E-state index in [4.69, 9.17) is 21.1 Å². The van der Waals surface area contributed by atoms with Gasteiger partial charge in [-0.05, 0) is 62.2 Å². The highest BCUT2D eigenvalue weighted by atomic mass is 35.5. The lowest BCUT2D eigenvalue weighted by atomic mass is 10.2. The first-order valence-electron chi connectivity index (χ1n) is 10.1. The maximum absolute atomic E-state index is 12.8. The summed E-state index contributed by atoms with van der Waals surface area (Å²) in [7, 11) is -3.70. The van der Waals surface area contributed by atoms with E-state index in [1.165, 1.54) is 0 Å². The molecular formula is C22H29ClN2O5S. The zero-order valence-corrected chi connectivity index (χ0v) is 19.8.